The summed E-state index contributed by atoms with van der Waals surface area (Å²) in [4.78, 5) is 29.6. The third-order valence-corrected chi connectivity index (χ3v) is 5.65. The van der Waals surface area contributed by atoms with Gasteiger partial charge in [0.1, 0.15) is 12.7 Å². The predicted octanol–water partition coefficient (Wildman–Crippen LogP) is 4.77. The van der Waals surface area contributed by atoms with Crippen molar-refractivity contribution < 1.29 is 9.59 Å². The zero-order valence-electron chi connectivity index (χ0n) is 17.2. The van der Waals surface area contributed by atoms with Crippen molar-refractivity contribution in [2.45, 2.75) is 13.0 Å². The minimum Gasteiger partial charge on any atom is -0.345 e. The SMILES string of the molecule is CC(NC(=O)c1ccccc1NC(=O)c1ccccc1Br)c1ccc(-n2cncn2)cc1. The van der Waals surface area contributed by atoms with Gasteiger partial charge in [-0.05, 0) is 64.8 Å². The topological polar surface area (TPSA) is 88.9 Å². The molecule has 1 heterocycles. The molecule has 4 rings (SSSR count). The van der Waals surface area contributed by atoms with Crippen molar-refractivity contribution in [1.29, 1.82) is 0 Å². The smallest absolute Gasteiger partial charge is 0.256 e. The van der Waals surface area contributed by atoms with Crippen LogP contribution in [0, 0.1) is 0 Å². The van der Waals surface area contributed by atoms with Crippen LogP contribution in [-0.2, 0) is 0 Å². The Morgan fingerprint density at radius 3 is 2.28 bits per heavy atom. The van der Waals surface area contributed by atoms with Crippen molar-refractivity contribution in [3.05, 3.63) is 107 Å². The van der Waals surface area contributed by atoms with E-state index in [0.29, 0.717) is 21.3 Å². The van der Waals surface area contributed by atoms with Gasteiger partial charge in [0.2, 0.25) is 0 Å². The Morgan fingerprint density at radius 2 is 1.59 bits per heavy atom. The molecule has 0 saturated heterocycles. The molecule has 1 atom stereocenters. The zero-order valence-corrected chi connectivity index (χ0v) is 18.8. The quantitative estimate of drug-likeness (QED) is 0.408. The van der Waals surface area contributed by atoms with Gasteiger partial charge in [-0.1, -0.05) is 36.4 Å². The van der Waals surface area contributed by atoms with Gasteiger partial charge in [0.15, 0.2) is 0 Å². The number of hydrogen-bond donors (Lipinski definition) is 2. The minimum atomic E-state index is -0.297. The standard InChI is InChI=1S/C24H20BrN5O2/c1-16(17-10-12-18(13-11-17)30-15-26-14-27-30)28-24(32)20-7-3-5-9-22(20)29-23(31)19-6-2-4-8-21(19)25/h2-16H,1H3,(H,28,32)(H,29,31). The largest absolute Gasteiger partial charge is 0.345 e. The van der Waals surface area contributed by atoms with Gasteiger partial charge < -0.3 is 10.6 Å². The summed E-state index contributed by atoms with van der Waals surface area (Å²) in [5.74, 6) is -0.574. The number of anilines is 1. The lowest BCUT2D eigenvalue weighted by molar-refractivity contribution is 0.0941. The molecule has 1 unspecified atom stereocenters. The third-order valence-electron chi connectivity index (χ3n) is 4.96. The van der Waals surface area contributed by atoms with Gasteiger partial charge in [0.25, 0.3) is 11.8 Å². The summed E-state index contributed by atoms with van der Waals surface area (Å²) in [5, 5.41) is 9.94. The van der Waals surface area contributed by atoms with Crippen molar-refractivity contribution in [3.8, 4) is 5.69 Å². The van der Waals surface area contributed by atoms with Gasteiger partial charge in [-0.25, -0.2) is 9.67 Å². The molecule has 0 aliphatic carbocycles. The lowest BCUT2D eigenvalue weighted by atomic mass is 10.1. The predicted molar refractivity (Wildman–Crippen MR) is 126 cm³/mol. The number of para-hydroxylation sites is 1. The maximum Gasteiger partial charge on any atom is 0.256 e. The lowest BCUT2D eigenvalue weighted by Crippen LogP contribution is -2.28. The van der Waals surface area contributed by atoms with Gasteiger partial charge in [-0.2, -0.15) is 5.10 Å². The van der Waals surface area contributed by atoms with Gasteiger partial charge in [0, 0.05) is 4.47 Å². The highest BCUT2D eigenvalue weighted by atomic mass is 79.9. The first-order valence-electron chi connectivity index (χ1n) is 9.93. The number of halogens is 1. The fraction of sp³-hybridized carbons (Fsp3) is 0.0833. The number of benzene rings is 3. The van der Waals surface area contributed by atoms with Crippen LogP contribution in [0.4, 0.5) is 5.69 Å². The summed E-state index contributed by atoms with van der Waals surface area (Å²) >= 11 is 3.38. The Balaban J connectivity index is 1.48. The Morgan fingerprint density at radius 1 is 0.906 bits per heavy atom. The first-order valence-corrected chi connectivity index (χ1v) is 10.7. The Labute approximate surface area is 193 Å². The maximum absolute atomic E-state index is 13.0. The van der Waals surface area contributed by atoms with E-state index >= 15 is 0 Å². The van der Waals surface area contributed by atoms with Crippen LogP contribution >= 0.6 is 15.9 Å². The molecule has 0 spiro atoms. The molecule has 32 heavy (non-hydrogen) atoms. The summed E-state index contributed by atoms with van der Waals surface area (Å²) in [5.41, 5.74) is 3.14. The number of amides is 2. The molecule has 0 bridgehead atoms. The normalized spacial score (nSPS) is 11.6. The highest BCUT2D eigenvalue weighted by molar-refractivity contribution is 9.10. The van der Waals surface area contributed by atoms with Crippen molar-refractivity contribution in [2.75, 3.05) is 5.32 Å². The summed E-state index contributed by atoms with van der Waals surface area (Å²) in [6.07, 6.45) is 3.10. The second kappa shape index (κ2) is 9.57. The maximum atomic E-state index is 13.0. The lowest BCUT2D eigenvalue weighted by Gasteiger charge is -2.17. The summed E-state index contributed by atoms with van der Waals surface area (Å²) in [6, 6.07) is 21.5. The van der Waals surface area contributed by atoms with Crippen molar-refractivity contribution in [1.82, 2.24) is 20.1 Å². The van der Waals surface area contributed by atoms with E-state index in [1.165, 1.54) is 6.33 Å². The molecular weight excluding hydrogens is 470 g/mol. The summed E-state index contributed by atoms with van der Waals surface area (Å²) in [6.45, 7) is 1.91. The van der Waals surface area contributed by atoms with Crippen molar-refractivity contribution in [3.63, 3.8) is 0 Å². The number of hydrogen-bond acceptors (Lipinski definition) is 4. The molecule has 4 aromatic rings. The summed E-state index contributed by atoms with van der Waals surface area (Å²) < 4.78 is 2.35. The van der Waals surface area contributed by atoms with Crippen LogP contribution in [0.3, 0.4) is 0 Å². The number of nitrogens with zero attached hydrogens (tertiary/aromatic N) is 3. The van der Waals surface area contributed by atoms with E-state index in [1.807, 2.05) is 37.3 Å². The highest BCUT2D eigenvalue weighted by Gasteiger charge is 2.17. The number of carbonyl (C=O) groups excluding carboxylic acids is 2. The average molecular weight is 490 g/mol. The number of carbonyl (C=O) groups is 2. The molecule has 7 nitrogen and oxygen atoms in total. The monoisotopic (exact) mass is 489 g/mol. The van der Waals surface area contributed by atoms with E-state index in [9.17, 15) is 9.59 Å². The molecule has 2 N–H and O–H groups in total. The van der Waals surface area contributed by atoms with Gasteiger partial charge in [0.05, 0.1) is 28.5 Å². The average Bonchev–Trinajstić information content (AvgIpc) is 3.35. The van der Waals surface area contributed by atoms with Gasteiger partial charge in [-0.15, -0.1) is 0 Å². The Bertz CT molecular complexity index is 1240. The number of aromatic nitrogens is 3. The molecule has 0 fully saturated rings. The van der Waals surface area contributed by atoms with Crippen LogP contribution in [0.25, 0.3) is 5.69 Å². The number of rotatable bonds is 6. The van der Waals surface area contributed by atoms with Gasteiger partial charge in [-0.3, -0.25) is 9.59 Å². The van der Waals surface area contributed by atoms with E-state index in [2.05, 4.69) is 36.6 Å². The van der Waals surface area contributed by atoms with E-state index in [-0.39, 0.29) is 17.9 Å². The van der Waals surface area contributed by atoms with Crippen LogP contribution in [0.5, 0.6) is 0 Å². The van der Waals surface area contributed by atoms with Crippen LogP contribution in [0.1, 0.15) is 39.2 Å². The van der Waals surface area contributed by atoms with Crippen LogP contribution in [0.15, 0.2) is 89.9 Å². The second-order valence-corrected chi connectivity index (χ2v) is 7.96. The molecule has 0 aliphatic heterocycles. The Hall–Kier alpha value is -3.78. The molecule has 0 saturated carbocycles. The third kappa shape index (κ3) is 4.76. The fourth-order valence-corrected chi connectivity index (χ4v) is 3.70. The second-order valence-electron chi connectivity index (χ2n) is 7.11. The molecule has 160 valence electrons. The van der Waals surface area contributed by atoms with Crippen molar-refractivity contribution >= 4 is 33.4 Å². The molecule has 0 radical (unpaired) electrons. The van der Waals surface area contributed by atoms with E-state index in [1.54, 1.807) is 53.5 Å². The molecule has 8 heteroatoms. The van der Waals surface area contributed by atoms with E-state index in [0.717, 1.165) is 11.3 Å². The van der Waals surface area contributed by atoms with Crippen LogP contribution in [-0.4, -0.2) is 26.6 Å². The molecule has 3 aromatic carbocycles. The highest BCUT2D eigenvalue weighted by Crippen LogP contribution is 2.22. The summed E-state index contributed by atoms with van der Waals surface area (Å²) in [7, 11) is 0. The van der Waals surface area contributed by atoms with E-state index < -0.39 is 0 Å². The van der Waals surface area contributed by atoms with Crippen LogP contribution in [0.2, 0.25) is 0 Å². The first-order chi connectivity index (χ1) is 15.5. The van der Waals surface area contributed by atoms with Gasteiger partial charge >= 0.3 is 0 Å². The molecule has 2 amide bonds. The Kier molecular flexibility index (Phi) is 6.42. The zero-order chi connectivity index (χ0) is 22.5. The number of nitrogens with one attached hydrogen (secondary N) is 2. The van der Waals surface area contributed by atoms with E-state index in [4.69, 9.17) is 0 Å². The minimum absolute atomic E-state index is 0.237. The molecule has 0 aliphatic rings. The van der Waals surface area contributed by atoms with Crippen molar-refractivity contribution in [2.24, 2.45) is 0 Å². The van der Waals surface area contributed by atoms with Crippen LogP contribution < -0.4 is 10.6 Å². The first kappa shape index (κ1) is 21.5. The fourth-order valence-electron chi connectivity index (χ4n) is 3.24. The molecular formula is C24H20BrN5O2. The molecule has 1 aromatic heterocycles.